The molecule has 2 heterocycles. The van der Waals surface area contributed by atoms with Crippen LogP contribution in [0.15, 0.2) is 0 Å². The minimum atomic E-state index is 0.197. The average molecular weight is 172 g/mol. The van der Waals surface area contributed by atoms with Gasteiger partial charge in [0, 0.05) is 11.5 Å². The second-order valence-corrected chi connectivity index (χ2v) is 3.10. The first-order valence-corrected chi connectivity index (χ1v) is 4.16. The van der Waals surface area contributed by atoms with E-state index in [-0.39, 0.29) is 6.10 Å². The van der Waals surface area contributed by atoms with Gasteiger partial charge in [-0.2, -0.15) is 9.36 Å². The van der Waals surface area contributed by atoms with Gasteiger partial charge in [-0.05, 0) is 6.92 Å². The highest BCUT2D eigenvalue weighted by Gasteiger charge is 2.21. The fourth-order valence-corrected chi connectivity index (χ4v) is 1.35. The lowest BCUT2D eigenvalue weighted by atomic mass is 10.3. The second kappa shape index (κ2) is 2.75. The number of nitrogens with zero attached hydrogens (tertiary/aromatic N) is 2. The van der Waals surface area contributed by atoms with E-state index in [1.165, 1.54) is 11.5 Å². The van der Waals surface area contributed by atoms with Gasteiger partial charge in [0.2, 0.25) is 0 Å². The quantitative estimate of drug-likeness (QED) is 0.656. The zero-order chi connectivity index (χ0) is 7.68. The molecule has 0 N–H and O–H groups in total. The highest BCUT2D eigenvalue weighted by atomic mass is 32.1. The Bertz CT molecular complexity index is 246. The molecule has 5 heteroatoms. The summed E-state index contributed by atoms with van der Waals surface area (Å²) < 4.78 is 14.3. The Balaban J connectivity index is 1.95. The van der Waals surface area contributed by atoms with Crippen molar-refractivity contribution in [1.29, 1.82) is 0 Å². The molecule has 0 unspecified atom stereocenters. The van der Waals surface area contributed by atoms with Gasteiger partial charge in [-0.15, -0.1) is 0 Å². The van der Waals surface area contributed by atoms with Gasteiger partial charge in [0.05, 0.1) is 13.2 Å². The SMILES string of the molecule is Cc1nsc(OC2COC2)n1. The Hall–Kier alpha value is -0.680. The lowest BCUT2D eigenvalue weighted by Gasteiger charge is -2.24. The number of aromatic nitrogens is 2. The number of hydrogen-bond acceptors (Lipinski definition) is 5. The molecule has 0 radical (unpaired) electrons. The molecule has 0 spiro atoms. The standard InChI is InChI=1S/C6H8N2O2S/c1-4-7-6(11-8-4)10-5-2-9-3-5/h5H,2-3H2,1H3. The van der Waals surface area contributed by atoms with Crippen LogP contribution >= 0.6 is 11.5 Å². The summed E-state index contributed by atoms with van der Waals surface area (Å²) in [6.07, 6.45) is 0.197. The number of aryl methyl sites for hydroxylation is 1. The van der Waals surface area contributed by atoms with Crippen LogP contribution in [0.1, 0.15) is 5.82 Å². The summed E-state index contributed by atoms with van der Waals surface area (Å²) in [6.45, 7) is 3.21. The van der Waals surface area contributed by atoms with E-state index in [0.717, 1.165) is 5.82 Å². The summed E-state index contributed by atoms with van der Waals surface area (Å²) in [4.78, 5) is 4.06. The Labute approximate surface area is 68.3 Å². The number of rotatable bonds is 2. The van der Waals surface area contributed by atoms with Crippen molar-refractivity contribution in [3.05, 3.63) is 5.82 Å². The molecule has 0 amide bonds. The van der Waals surface area contributed by atoms with E-state index in [2.05, 4.69) is 9.36 Å². The normalized spacial score (nSPS) is 17.9. The highest BCUT2D eigenvalue weighted by Crippen LogP contribution is 2.17. The van der Waals surface area contributed by atoms with Gasteiger partial charge in [0.1, 0.15) is 11.9 Å². The predicted octanol–water partition coefficient (Wildman–Crippen LogP) is 0.624. The Morgan fingerprint density at radius 1 is 1.64 bits per heavy atom. The maximum absolute atomic E-state index is 5.39. The third-order valence-corrected chi connectivity index (χ3v) is 2.08. The zero-order valence-electron chi connectivity index (χ0n) is 6.11. The van der Waals surface area contributed by atoms with Gasteiger partial charge in [-0.25, -0.2) is 0 Å². The van der Waals surface area contributed by atoms with Crippen LogP contribution in [0.3, 0.4) is 0 Å². The Kier molecular flexibility index (Phi) is 1.75. The van der Waals surface area contributed by atoms with Crippen LogP contribution in [-0.2, 0) is 4.74 Å². The van der Waals surface area contributed by atoms with Crippen LogP contribution in [-0.4, -0.2) is 28.7 Å². The fourth-order valence-electron chi connectivity index (χ4n) is 0.751. The lowest BCUT2D eigenvalue weighted by Crippen LogP contribution is -2.38. The van der Waals surface area contributed by atoms with Crippen molar-refractivity contribution in [2.24, 2.45) is 0 Å². The summed E-state index contributed by atoms with van der Waals surface area (Å²) in [5.41, 5.74) is 0. The molecular weight excluding hydrogens is 164 g/mol. The maximum Gasteiger partial charge on any atom is 0.293 e. The van der Waals surface area contributed by atoms with Gasteiger partial charge in [-0.1, -0.05) is 0 Å². The second-order valence-electron chi connectivity index (χ2n) is 2.38. The van der Waals surface area contributed by atoms with Crippen molar-refractivity contribution in [2.75, 3.05) is 13.2 Å². The summed E-state index contributed by atoms with van der Waals surface area (Å²) in [5, 5.41) is 0.649. The van der Waals surface area contributed by atoms with Gasteiger partial charge in [-0.3, -0.25) is 0 Å². The monoisotopic (exact) mass is 172 g/mol. The van der Waals surface area contributed by atoms with E-state index >= 15 is 0 Å². The molecule has 1 saturated heterocycles. The molecule has 0 saturated carbocycles. The summed E-state index contributed by atoms with van der Waals surface area (Å²) in [7, 11) is 0. The summed E-state index contributed by atoms with van der Waals surface area (Å²) in [5.74, 6) is 0.769. The molecule has 0 aromatic carbocycles. The number of ether oxygens (including phenoxy) is 2. The molecular formula is C6H8N2O2S. The first-order chi connectivity index (χ1) is 5.34. The van der Waals surface area contributed by atoms with Crippen molar-refractivity contribution in [1.82, 2.24) is 9.36 Å². The van der Waals surface area contributed by atoms with E-state index in [1.807, 2.05) is 6.92 Å². The Morgan fingerprint density at radius 2 is 2.45 bits per heavy atom. The minimum absolute atomic E-state index is 0.197. The van der Waals surface area contributed by atoms with Crippen LogP contribution in [0.5, 0.6) is 5.19 Å². The topological polar surface area (TPSA) is 44.2 Å². The molecule has 4 nitrogen and oxygen atoms in total. The van der Waals surface area contributed by atoms with Crippen molar-refractivity contribution in [3.8, 4) is 5.19 Å². The molecule has 1 aliphatic heterocycles. The van der Waals surface area contributed by atoms with Crippen LogP contribution in [0.25, 0.3) is 0 Å². The fraction of sp³-hybridized carbons (Fsp3) is 0.667. The van der Waals surface area contributed by atoms with Gasteiger partial charge in [0.25, 0.3) is 5.19 Å². The number of hydrogen-bond donors (Lipinski definition) is 0. The molecule has 0 aliphatic carbocycles. The van der Waals surface area contributed by atoms with Gasteiger partial charge >= 0.3 is 0 Å². The molecule has 60 valence electrons. The van der Waals surface area contributed by atoms with E-state index in [4.69, 9.17) is 9.47 Å². The van der Waals surface area contributed by atoms with Crippen molar-refractivity contribution < 1.29 is 9.47 Å². The maximum atomic E-state index is 5.39. The molecule has 1 aliphatic rings. The average Bonchev–Trinajstić information content (AvgIpc) is 2.27. The first kappa shape index (κ1) is 7.00. The largest absolute Gasteiger partial charge is 0.461 e. The predicted molar refractivity (Wildman–Crippen MR) is 39.9 cm³/mol. The van der Waals surface area contributed by atoms with Crippen LogP contribution in [0.4, 0.5) is 0 Å². The Morgan fingerprint density at radius 3 is 2.91 bits per heavy atom. The third-order valence-electron chi connectivity index (χ3n) is 1.38. The lowest BCUT2D eigenvalue weighted by molar-refractivity contribution is -0.0797. The molecule has 1 fully saturated rings. The smallest absolute Gasteiger partial charge is 0.293 e. The van der Waals surface area contributed by atoms with Crippen molar-refractivity contribution in [3.63, 3.8) is 0 Å². The van der Waals surface area contributed by atoms with E-state index in [9.17, 15) is 0 Å². The van der Waals surface area contributed by atoms with Crippen LogP contribution in [0.2, 0.25) is 0 Å². The van der Waals surface area contributed by atoms with Crippen molar-refractivity contribution in [2.45, 2.75) is 13.0 Å². The van der Waals surface area contributed by atoms with Gasteiger partial charge in [0.15, 0.2) is 0 Å². The van der Waals surface area contributed by atoms with Gasteiger partial charge < -0.3 is 9.47 Å². The highest BCUT2D eigenvalue weighted by molar-refractivity contribution is 7.07. The minimum Gasteiger partial charge on any atom is -0.461 e. The zero-order valence-corrected chi connectivity index (χ0v) is 6.93. The summed E-state index contributed by atoms with van der Waals surface area (Å²) in [6, 6.07) is 0. The van der Waals surface area contributed by atoms with E-state index in [1.54, 1.807) is 0 Å². The molecule has 1 aromatic rings. The van der Waals surface area contributed by atoms with E-state index in [0.29, 0.717) is 18.4 Å². The molecule has 1 aromatic heterocycles. The van der Waals surface area contributed by atoms with Crippen molar-refractivity contribution >= 4 is 11.5 Å². The first-order valence-electron chi connectivity index (χ1n) is 3.39. The van der Waals surface area contributed by atoms with Crippen LogP contribution < -0.4 is 4.74 Å². The third kappa shape index (κ3) is 1.49. The van der Waals surface area contributed by atoms with Crippen LogP contribution in [0, 0.1) is 6.92 Å². The molecule has 11 heavy (non-hydrogen) atoms. The molecule has 2 rings (SSSR count). The molecule has 0 bridgehead atoms. The summed E-state index contributed by atoms with van der Waals surface area (Å²) >= 11 is 1.29. The van der Waals surface area contributed by atoms with E-state index < -0.39 is 0 Å². The molecule has 0 atom stereocenters.